The molecule has 8 heteroatoms. The third-order valence-corrected chi connectivity index (χ3v) is 1.66. The highest BCUT2D eigenvalue weighted by atomic mass is 35.6. The van der Waals surface area contributed by atoms with E-state index in [0.29, 0.717) is 19.8 Å². The van der Waals surface area contributed by atoms with Gasteiger partial charge in [-0.1, -0.05) is 34.8 Å². The standard InChI is InChI=1S/C7H16O3.C3H3Cl3O2/c1-4-8-7(9-5-2)10-6-3;4-3(5,6)1-2(7)8/h7H,4-6H2,1-3H3;1H2,(H,7,8). The van der Waals surface area contributed by atoms with Gasteiger partial charge in [-0.2, -0.15) is 0 Å². The number of halogens is 3. The van der Waals surface area contributed by atoms with Crippen molar-refractivity contribution in [1.29, 1.82) is 0 Å². The summed E-state index contributed by atoms with van der Waals surface area (Å²) < 4.78 is 13.6. The van der Waals surface area contributed by atoms with Gasteiger partial charge in [0.1, 0.15) is 0 Å². The van der Waals surface area contributed by atoms with Gasteiger partial charge in [-0.25, -0.2) is 0 Å². The molecule has 0 aromatic heterocycles. The third kappa shape index (κ3) is 18.6. The van der Waals surface area contributed by atoms with Crippen LogP contribution in [0.2, 0.25) is 0 Å². The van der Waals surface area contributed by atoms with Crippen LogP contribution in [0.3, 0.4) is 0 Å². The highest BCUT2D eigenvalue weighted by Crippen LogP contribution is 2.29. The van der Waals surface area contributed by atoms with Crippen molar-refractivity contribution in [3.8, 4) is 0 Å². The summed E-state index contributed by atoms with van der Waals surface area (Å²) in [5, 5.41) is 8.00. The summed E-state index contributed by atoms with van der Waals surface area (Å²) in [5.41, 5.74) is 0. The number of ether oxygens (including phenoxy) is 3. The van der Waals surface area contributed by atoms with E-state index in [2.05, 4.69) is 0 Å². The van der Waals surface area contributed by atoms with Crippen molar-refractivity contribution in [2.45, 2.75) is 37.5 Å². The Morgan fingerprint density at radius 3 is 1.50 bits per heavy atom. The number of hydrogen-bond donors (Lipinski definition) is 1. The maximum absolute atomic E-state index is 9.76. The lowest BCUT2D eigenvalue weighted by atomic mass is 10.5. The first-order chi connectivity index (χ1) is 8.26. The normalized spacial score (nSPS) is 11.1. The van der Waals surface area contributed by atoms with Crippen LogP contribution in [0.25, 0.3) is 0 Å². The van der Waals surface area contributed by atoms with E-state index in [9.17, 15) is 4.79 Å². The van der Waals surface area contributed by atoms with Crippen molar-refractivity contribution < 1.29 is 24.1 Å². The molecule has 0 rings (SSSR count). The molecule has 0 aliphatic rings. The zero-order chi connectivity index (χ0) is 14.6. The molecule has 0 aromatic carbocycles. The van der Waals surface area contributed by atoms with Gasteiger partial charge in [-0.05, 0) is 20.8 Å². The zero-order valence-electron chi connectivity index (χ0n) is 10.6. The average molecular weight is 326 g/mol. The predicted molar refractivity (Wildman–Crippen MR) is 71.2 cm³/mol. The van der Waals surface area contributed by atoms with Crippen LogP contribution in [0.5, 0.6) is 0 Å². The van der Waals surface area contributed by atoms with Gasteiger partial charge >= 0.3 is 5.97 Å². The molecule has 0 unspecified atom stereocenters. The second-order valence-corrected chi connectivity index (χ2v) is 5.36. The van der Waals surface area contributed by atoms with Gasteiger partial charge < -0.3 is 19.3 Å². The molecule has 0 bridgehead atoms. The predicted octanol–water partition coefficient (Wildman–Crippen LogP) is 3.21. The van der Waals surface area contributed by atoms with Crippen molar-refractivity contribution >= 4 is 40.8 Å². The second-order valence-electron chi connectivity index (χ2n) is 2.84. The fourth-order valence-corrected chi connectivity index (χ4v) is 1.07. The SMILES string of the molecule is CCOC(OCC)OCC.O=C(O)CC(Cl)(Cl)Cl. The summed E-state index contributed by atoms with van der Waals surface area (Å²) >= 11 is 15.2. The van der Waals surface area contributed by atoms with E-state index >= 15 is 0 Å². The average Bonchev–Trinajstić information content (AvgIpc) is 2.15. The first-order valence-corrected chi connectivity index (χ1v) is 6.53. The minimum Gasteiger partial charge on any atom is -0.481 e. The van der Waals surface area contributed by atoms with E-state index in [1.54, 1.807) is 0 Å². The quantitative estimate of drug-likeness (QED) is 0.575. The molecule has 0 amide bonds. The molecule has 0 atom stereocenters. The molecule has 110 valence electrons. The fourth-order valence-electron chi connectivity index (χ4n) is 0.724. The van der Waals surface area contributed by atoms with Gasteiger partial charge in [0.2, 0.25) is 3.79 Å². The lowest BCUT2D eigenvalue weighted by molar-refractivity contribution is -0.282. The fraction of sp³-hybridized carbons (Fsp3) is 0.900. The summed E-state index contributed by atoms with van der Waals surface area (Å²) in [7, 11) is 0. The van der Waals surface area contributed by atoms with E-state index in [1.807, 2.05) is 20.8 Å². The van der Waals surface area contributed by atoms with Crippen LogP contribution in [0.4, 0.5) is 0 Å². The molecule has 0 saturated heterocycles. The lowest BCUT2D eigenvalue weighted by Gasteiger charge is -2.15. The molecule has 0 saturated carbocycles. The Balaban J connectivity index is 0. The topological polar surface area (TPSA) is 65.0 Å². The molecule has 0 spiro atoms. The molecule has 0 aliphatic heterocycles. The van der Waals surface area contributed by atoms with Crippen molar-refractivity contribution in [2.24, 2.45) is 0 Å². The Labute approximate surface area is 122 Å². The summed E-state index contributed by atoms with van der Waals surface area (Å²) in [4.78, 5) is 9.76. The van der Waals surface area contributed by atoms with Crippen LogP contribution in [0.15, 0.2) is 0 Å². The Kier molecular flexibility index (Phi) is 14.0. The number of carboxylic acids is 1. The Morgan fingerprint density at radius 1 is 1.06 bits per heavy atom. The third-order valence-electron chi connectivity index (χ3n) is 1.26. The minimum absolute atomic E-state index is 0.461. The van der Waals surface area contributed by atoms with Crippen molar-refractivity contribution in [3.05, 3.63) is 0 Å². The summed E-state index contributed by atoms with van der Waals surface area (Å²) in [6, 6.07) is 0. The van der Waals surface area contributed by atoms with Crippen LogP contribution in [-0.2, 0) is 19.0 Å². The van der Waals surface area contributed by atoms with Crippen LogP contribution < -0.4 is 0 Å². The number of hydrogen-bond acceptors (Lipinski definition) is 4. The van der Waals surface area contributed by atoms with E-state index in [-0.39, 0.29) is 0 Å². The largest absolute Gasteiger partial charge is 0.481 e. The zero-order valence-corrected chi connectivity index (χ0v) is 12.9. The monoisotopic (exact) mass is 324 g/mol. The van der Waals surface area contributed by atoms with Gasteiger partial charge in [-0.15, -0.1) is 0 Å². The van der Waals surface area contributed by atoms with Crippen LogP contribution in [-0.4, -0.2) is 41.2 Å². The maximum atomic E-state index is 9.76. The highest BCUT2D eigenvalue weighted by molar-refractivity contribution is 6.68. The van der Waals surface area contributed by atoms with Gasteiger partial charge in [-0.3, -0.25) is 4.79 Å². The number of alkyl halides is 3. The number of aliphatic carboxylic acids is 1. The molecular weight excluding hydrogens is 306 g/mol. The van der Waals surface area contributed by atoms with E-state index in [0.717, 1.165) is 0 Å². The van der Waals surface area contributed by atoms with Crippen LogP contribution >= 0.6 is 34.8 Å². The Hall–Kier alpha value is 0.220. The number of carbonyl (C=O) groups is 1. The van der Waals surface area contributed by atoms with Gasteiger partial charge in [0.05, 0.1) is 6.42 Å². The minimum atomic E-state index is -1.66. The highest BCUT2D eigenvalue weighted by Gasteiger charge is 2.23. The molecule has 1 N–H and O–H groups in total. The molecule has 0 fully saturated rings. The molecule has 5 nitrogen and oxygen atoms in total. The Morgan fingerprint density at radius 2 is 1.39 bits per heavy atom. The van der Waals surface area contributed by atoms with E-state index in [1.165, 1.54) is 0 Å². The molecular formula is C10H19Cl3O5. The van der Waals surface area contributed by atoms with Crippen molar-refractivity contribution in [1.82, 2.24) is 0 Å². The summed E-state index contributed by atoms with van der Waals surface area (Å²) in [5.74, 6) is -1.12. The van der Waals surface area contributed by atoms with Gasteiger partial charge in [0, 0.05) is 19.8 Å². The Bertz CT molecular complexity index is 194. The van der Waals surface area contributed by atoms with E-state index in [4.69, 9.17) is 54.1 Å². The summed E-state index contributed by atoms with van der Waals surface area (Å²) in [6.45, 7) is 7.10. The van der Waals surface area contributed by atoms with Gasteiger partial charge in [0.25, 0.3) is 6.48 Å². The van der Waals surface area contributed by atoms with Crippen molar-refractivity contribution in [2.75, 3.05) is 19.8 Å². The van der Waals surface area contributed by atoms with Gasteiger partial charge in [0.15, 0.2) is 0 Å². The van der Waals surface area contributed by atoms with Crippen LogP contribution in [0.1, 0.15) is 27.2 Å². The van der Waals surface area contributed by atoms with Crippen LogP contribution in [0, 0.1) is 0 Å². The first kappa shape index (κ1) is 20.5. The molecule has 0 aliphatic carbocycles. The number of carboxylic acid groups (broad SMARTS) is 1. The smallest absolute Gasteiger partial charge is 0.307 e. The van der Waals surface area contributed by atoms with E-state index < -0.39 is 22.7 Å². The molecule has 0 radical (unpaired) electrons. The molecule has 0 aromatic rings. The van der Waals surface area contributed by atoms with Crippen molar-refractivity contribution in [3.63, 3.8) is 0 Å². The number of rotatable bonds is 7. The molecule has 0 heterocycles. The first-order valence-electron chi connectivity index (χ1n) is 5.40. The lowest BCUT2D eigenvalue weighted by Crippen LogP contribution is -2.20. The summed E-state index contributed by atoms with van der Waals surface area (Å²) in [6.07, 6.45) is -0.461. The molecule has 18 heavy (non-hydrogen) atoms. The maximum Gasteiger partial charge on any atom is 0.307 e. The second kappa shape index (κ2) is 12.3.